The lowest BCUT2D eigenvalue weighted by atomic mass is 9.90. The Labute approximate surface area is 134 Å². The molecule has 5 nitrogen and oxygen atoms in total. The minimum atomic E-state index is -0.374. The number of rotatable bonds is 5. The number of amides is 1. The van der Waals surface area contributed by atoms with Crippen LogP contribution in [0.15, 0.2) is 65.2 Å². The van der Waals surface area contributed by atoms with Crippen molar-refractivity contribution in [3.8, 4) is 0 Å². The van der Waals surface area contributed by atoms with Crippen LogP contribution in [0.1, 0.15) is 28.8 Å². The Morgan fingerprint density at radius 2 is 1.61 bits per heavy atom. The van der Waals surface area contributed by atoms with E-state index in [1.165, 1.54) is 0 Å². The van der Waals surface area contributed by atoms with E-state index >= 15 is 0 Å². The molecular formula is C18H17N3O2. The summed E-state index contributed by atoms with van der Waals surface area (Å²) >= 11 is 0. The predicted molar refractivity (Wildman–Crippen MR) is 85.6 cm³/mol. The summed E-state index contributed by atoms with van der Waals surface area (Å²) in [6, 6.07) is 19.4. The average molecular weight is 307 g/mol. The first-order chi connectivity index (χ1) is 11.2. The lowest BCUT2D eigenvalue weighted by molar-refractivity contribution is -0.122. The number of benzene rings is 2. The summed E-state index contributed by atoms with van der Waals surface area (Å²) < 4.78 is 5.03. The van der Waals surface area contributed by atoms with Crippen molar-refractivity contribution in [2.45, 2.75) is 19.4 Å². The lowest BCUT2D eigenvalue weighted by Crippen LogP contribution is -2.29. The molecular weight excluding hydrogens is 290 g/mol. The van der Waals surface area contributed by atoms with Crippen LogP contribution in [0.25, 0.3) is 0 Å². The molecule has 3 aromatic rings. The van der Waals surface area contributed by atoms with Crippen molar-refractivity contribution in [1.82, 2.24) is 15.5 Å². The average Bonchev–Trinajstić information content (AvgIpc) is 3.01. The van der Waals surface area contributed by atoms with Crippen molar-refractivity contribution >= 4 is 5.91 Å². The second-order valence-electron chi connectivity index (χ2n) is 5.21. The highest BCUT2D eigenvalue weighted by atomic mass is 16.5. The number of aryl methyl sites for hydroxylation is 1. The molecule has 0 fully saturated rings. The summed E-state index contributed by atoms with van der Waals surface area (Å²) in [5.41, 5.74) is 1.89. The Hall–Kier alpha value is -2.95. The van der Waals surface area contributed by atoms with Gasteiger partial charge in [0.15, 0.2) is 5.82 Å². The normalized spacial score (nSPS) is 10.7. The maximum Gasteiger partial charge on any atom is 0.246 e. The number of aromatic nitrogens is 2. The monoisotopic (exact) mass is 307 g/mol. The standard InChI is InChI=1S/C18H17N3O2/c1-13-20-16(23-21-13)12-19-18(22)17(14-8-4-2-5-9-14)15-10-6-3-7-11-15/h2-11,17H,12H2,1H3,(H,19,22). The number of hydrogen-bond acceptors (Lipinski definition) is 4. The zero-order chi connectivity index (χ0) is 16.1. The Bertz CT molecular complexity index is 730. The highest BCUT2D eigenvalue weighted by Crippen LogP contribution is 2.24. The fraction of sp³-hybridized carbons (Fsp3) is 0.167. The van der Waals surface area contributed by atoms with Gasteiger partial charge in [-0.15, -0.1) is 0 Å². The van der Waals surface area contributed by atoms with Crippen molar-refractivity contribution in [2.24, 2.45) is 0 Å². The first-order valence-electron chi connectivity index (χ1n) is 7.41. The number of carbonyl (C=O) groups is 1. The molecule has 5 heteroatoms. The predicted octanol–water partition coefficient (Wildman–Crippen LogP) is 2.83. The maximum absolute atomic E-state index is 12.7. The zero-order valence-electron chi connectivity index (χ0n) is 12.8. The zero-order valence-corrected chi connectivity index (χ0v) is 12.8. The second kappa shape index (κ2) is 6.87. The molecule has 1 aromatic heterocycles. The van der Waals surface area contributed by atoms with Crippen molar-refractivity contribution in [1.29, 1.82) is 0 Å². The fourth-order valence-electron chi connectivity index (χ4n) is 2.46. The van der Waals surface area contributed by atoms with Gasteiger partial charge in [-0.1, -0.05) is 65.8 Å². The summed E-state index contributed by atoms with van der Waals surface area (Å²) in [6.07, 6.45) is 0. The van der Waals surface area contributed by atoms with Crippen LogP contribution in [-0.4, -0.2) is 16.0 Å². The van der Waals surface area contributed by atoms with Crippen molar-refractivity contribution < 1.29 is 9.32 Å². The molecule has 0 aliphatic heterocycles. The molecule has 0 bridgehead atoms. The smallest absolute Gasteiger partial charge is 0.246 e. The Balaban J connectivity index is 1.82. The quantitative estimate of drug-likeness (QED) is 0.787. The topological polar surface area (TPSA) is 68.0 Å². The lowest BCUT2D eigenvalue weighted by Gasteiger charge is -2.17. The van der Waals surface area contributed by atoms with Gasteiger partial charge in [-0.2, -0.15) is 4.98 Å². The van der Waals surface area contributed by atoms with E-state index in [1.54, 1.807) is 6.92 Å². The molecule has 0 spiro atoms. The summed E-state index contributed by atoms with van der Waals surface area (Å²) in [7, 11) is 0. The summed E-state index contributed by atoms with van der Waals surface area (Å²) in [5, 5.41) is 6.59. The van der Waals surface area contributed by atoms with Crippen molar-refractivity contribution in [3.63, 3.8) is 0 Å². The molecule has 1 N–H and O–H groups in total. The van der Waals surface area contributed by atoms with Gasteiger partial charge in [0, 0.05) is 0 Å². The van der Waals surface area contributed by atoms with Crippen molar-refractivity contribution in [2.75, 3.05) is 0 Å². The fourth-order valence-corrected chi connectivity index (χ4v) is 2.46. The Kier molecular flexibility index (Phi) is 4.47. The second-order valence-corrected chi connectivity index (χ2v) is 5.21. The highest BCUT2D eigenvalue weighted by Gasteiger charge is 2.22. The van der Waals surface area contributed by atoms with Crippen LogP contribution >= 0.6 is 0 Å². The van der Waals surface area contributed by atoms with E-state index in [0.717, 1.165) is 11.1 Å². The van der Waals surface area contributed by atoms with Crippen LogP contribution in [0.4, 0.5) is 0 Å². The molecule has 3 rings (SSSR count). The molecule has 0 aliphatic rings. The molecule has 0 aliphatic carbocycles. The van der Waals surface area contributed by atoms with Crippen LogP contribution in [-0.2, 0) is 11.3 Å². The highest BCUT2D eigenvalue weighted by molar-refractivity contribution is 5.87. The van der Waals surface area contributed by atoms with Gasteiger partial charge in [0.2, 0.25) is 11.8 Å². The SMILES string of the molecule is Cc1noc(CNC(=O)C(c2ccccc2)c2ccccc2)n1. The van der Waals surface area contributed by atoms with Crippen molar-refractivity contribution in [3.05, 3.63) is 83.5 Å². The van der Waals surface area contributed by atoms with E-state index in [4.69, 9.17) is 4.52 Å². The molecule has 1 amide bonds. The third kappa shape index (κ3) is 3.63. The molecule has 23 heavy (non-hydrogen) atoms. The van der Waals surface area contributed by atoms with E-state index < -0.39 is 0 Å². The molecule has 0 atom stereocenters. The molecule has 0 radical (unpaired) electrons. The molecule has 1 heterocycles. The van der Waals surface area contributed by atoms with E-state index in [0.29, 0.717) is 11.7 Å². The van der Waals surface area contributed by atoms with Gasteiger partial charge in [0.25, 0.3) is 0 Å². The molecule has 0 saturated carbocycles. The van der Waals surface area contributed by atoms with Gasteiger partial charge < -0.3 is 9.84 Å². The molecule has 0 saturated heterocycles. The summed E-state index contributed by atoms with van der Waals surface area (Å²) in [4.78, 5) is 16.8. The maximum atomic E-state index is 12.7. The van der Waals surface area contributed by atoms with Gasteiger partial charge in [0.1, 0.15) is 0 Å². The summed E-state index contributed by atoms with van der Waals surface area (Å²) in [5.74, 6) is 0.479. The van der Waals surface area contributed by atoms with Crippen LogP contribution in [0.2, 0.25) is 0 Å². The first kappa shape index (κ1) is 15.0. The minimum absolute atomic E-state index is 0.0988. The van der Waals surface area contributed by atoms with Crippen LogP contribution in [0, 0.1) is 6.92 Å². The number of carbonyl (C=O) groups excluding carboxylic acids is 1. The van der Waals surface area contributed by atoms with E-state index in [9.17, 15) is 4.79 Å². The van der Waals surface area contributed by atoms with Gasteiger partial charge in [-0.05, 0) is 18.1 Å². The molecule has 2 aromatic carbocycles. The Morgan fingerprint density at radius 3 is 2.09 bits per heavy atom. The number of hydrogen-bond donors (Lipinski definition) is 1. The van der Waals surface area contributed by atoms with E-state index in [2.05, 4.69) is 15.5 Å². The third-order valence-electron chi connectivity index (χ3n) is 3.51. The Morgan fingerprint density at radius 1 is 1.04 bits per heavy atom. The van der Waals surface area contributed by atoms with Gasteiger partial charge in [-0.3, -0.25) is 4.79 Å². The van der Waals surface area contributed by atoms with Gasteiger partial charge in [0.05, 0.1) is 12.5 Å². The van der Waals surface area contributed by atoms with E-state index in [1.807, 2.05) is 60.7 Å². The molecule has 116 valence electrons. The molecule has 0 unspecified atom stereocenters. The third-order valence-corrected chi connectivity index (χ3v) is 3.51. The van der Waals surface area contributed by atoms with Crippen LogP contribution in [0.3, 0.4) is 0 Å². The van der Waals surface area contributed by atoms with Crippen LogP contribution < -0.4 is 5.32 Å². The van der Waals surface area contributed by atoms with Gasteiger partial charge >= 0.3 is 0 Å². The first-order valence-corrected chi connectivity index (χ1v) is 7.41. The van der Waals surface area contributed by atoms with Gasteiger partial charge in [-0.25, -0.2) is 0 Å². The number of nitrogens with one attached hydrogen (secondary N) is 1. The minimum Gasteiger partial charge on any atom is -0.346 e. The number of nitrogens with zero attached hydrogens (tertiary/aromatic N) is 2. The van der Waals surface area contributed by atoms with E-state index in [-0.39, 0.29) is 18.4 Å². The largest absolute Gasteiger partial charge is 0.346 e. The van der Waals surface area contributed by atoms with Crippen LogP contribution in [0.5, 0.6) is 0 Å². The summed E-state index contributed by atoms with van der Waals surface area (Å²) in [6.45, 7) is 1.96.